The van der Waals surface area contributed by atoms with E-state index in [9.17, 15) is 14.4 Å². The minimum atomic E-state index is -0.400. The zero-order valence-electron chi connectivity index (χ0n) is 27.6. The minimum Gasteiger partial charge on any atom is -0.465 e. The van der Waals surface area contributed by atoms with Crippen molar-refractivity contribution in [2.45, 2.75) is 39.3 Å². The lowest BCUT2D eigenvalue weighted by atomic mass is 9.98. The second-order valence-corrected chi connectivity index (χ2v) is 12.2. The number of carbonyl (C=O) groups is 2. The number of halogens is 1. The Morgan fingerprint density at radius 2 is 1.20 bits per heavy atom. The van der Waals surface area contributed by atoms with Crippen LogP contribution in [0.25, 0.3) is 33.3 Å². The zero-order chi connectivity index (χ0) is 34.5. The Morgan fingerprint density at radius 3 is 1.69 bits per heavy atom. The highest BCUT2D eigenvalue weighted by Gasteiger charge is 2.19. The first-order valence-electron chi connectivity index (χ1n) is 16.1. The van der Waals surface area contributed by atoms with Gasteiger partial charge < -0.3 is 14.0 Å². The molecule has 4 aromatic carbocycles. The van der Waals surface area contributed by atoms with Gasteiger partial charge in [-0.05, 0) is 58.0 Å². The van der Waals surface area contributed by atoms with Crippen molar-refractivity contribution in [1.29, 1.82) is 0 Å². The summed E-state index contributed by atoms with van der Waals surface area (Å²) in [4.78, 5) is 43.4. The summed E-state index contributed by atoms with van der Waals surface area (Å²) in [6, 6.07) is 32.2. The number of fused-ring (bicyclic) bond motifs is 1. The van der Waals surface area contributed by atoms with Crippen molar-refractivity contribution in [3.8, 4) is 22.3 Å². The number of nitrogens with zero attached hydrogens (tertiary/aromatic N) is 3. The highest BCUT2D eigenvalue weighted by atomic mass is 35.5. The van der Waals surface area contributed by atoms with Crippen molar-refractivity contribution in [2.75, 3.05) is 14.2 Å². The van der Waals surface area contributed by atoms with E-state index in [1.807, 2.05) is 84.9 Å². The van der Waals surface area contributed by atoms with E-state index in [-0.39, 0.29) is 18.1 Å². The van der Waals surface area contributed by atoms with Crippen LogP contribution in [0.1, 0.15) is 57.4 Å². The average molecular weight is 674 g/mol. The molecule has 0 saturated carbocycles. The fraction of sp³-hybridized carbons (Fsp3) is 0.200. The summed E-state index contributed by atoms with van der Waals surface area (Å²) in [7, 11) is 2.74. The standard InChI is InChI=1S/C40H36ClN3O5/c1-4-5-14-36-42-37-34(43(36)24-26-15-19-28(20-16-26)30-10-6-8-12-32(30)39(46)48-2)23-35(41)44(38(37)45)25-27-17-21-29(22-18-27)31-11-7-9-13-33(31)40(47)49-3/h6-13,15-23H,4-5,14,24-25H2,1-3H3. The summed E-state index contributed by atoms with van der Waals surface area (Å²) in [5, 5.41) is 0.315. The monoisotopic (exact) mass is 673 g/mol. The molecule has 0 unspecified atom stereocenters. The molecule has 0 aliphatic rings. The van der Waals surface area contributed by atoms with Crippen LogP contribution in [0, 0.1) is 0 Å². The van der Waals surface area contributed by atoms with Gasteiger partial charge in [0, 0.05) is 13.0 Å². The third-order valence-corrected chi connectivity index (χ3v) is 8.99. The lowest BCUT2D eigenvalue weighted by Crippen LogP contribution is -2.22. The highest BCUT2D eigenvalue weighted by molar-refractivity contribution is 6.30. The first-order chi connectivity index (χ1) is 23.8. The van der Waals surface area contributed by atoms with Gasteiger partial charge in [0.15, 0.2) is 5.52 Å². The number of unbranched alkanes of at least 4 members (excludes halogenated alkanes) is 1. The maximum Gasteiger partial charge on any atom is 0.338 e. The molecule has 0 bridgehead atoms. The van der Waals surface area contributed by atoms with Crippen LogP contribution < -0.4 is 5.56 Å². The first-order valence-corrected chi connectivity index (χ1v) is 16.5. The van der Waals surface area contributed by atoms with Crippen molar-refractivity contribution < 1.29 is 19.1 Å². The number of hydrogen-bond donors (Lipinski definition) is 0. The molecule has 6 aromatic rings. The van der Waals surface area contributed by atoms with Gasteiger partial charge in [-0.3, -0.25) is 9.36 Å². The molecule has 0 N–H and O–H groups in total. The summed E-state index contributed by atoms with van der Waals surface area (Å²) < 4.78 is 13.5. The van der Waals surface area contributed by atoms with Crippen LogP contribution in [0.3, 0.4) is 0 Å². The van der Waals surface area contributed by atoms with Gasteiger partial charge in [0.25, 0.3) is 5.56 Å². The molecule has 2 aromatic heterocycles. The minimum absolute atomic E-state index is 0.256. The van der Waals surface area contributed by atoms with E-state index in [0.29, 0.717) is 33.9 Å². The second kappa shape index (κ2) is 14.7. The maximum atomic E-state index is 13.9. The molecule has 0 aliphatic carbocycles. The number of pyridine rings is 1. The average Bonchev–Trinajstić information content (AvgIpc) is 3.48. The van der Waals surface area contributed by atoms with Crippen LogP contribution in [0.5, 0.6) is 0 Å². The van der Waals surface area contributed by atoms with Gasteiger partial charge in [-0.15, -0.1) is 0 Å². The summed E-state index contributed by atoms with van der Waals surface area (Å²) in [6.07, 6.45) is 2.64. The van der Waals surface area contributed by atoms with Crippen molar-refractivity contribution in [3.63, 3.8) is 0 Å². The van der Waals surface area contributed by atoms with Gasteiger partial charge in [-0.25, -0.2) is 14.6 Å². The maximum absolute atomic E-state index is 13.9. The van der Waals surface area contributed by atoms with Crippen LogP contribution in [-0.2, 0) is 29.0 Å². The van der Waals surface area contributed by atoms with Gasteiger partial charge >= 0.3 is 11.9 Å². The molecule has 2 heterocycles. The summed E-state index contributed by atoms with van der Waals surface area (Å²) >= 11 is 6.82. The molecule has 49 heavy (non-hydrogen) atoms. The Kier molecular flexibility index (Phi) is 10.1. The molecule has 0 radical (unpaired) electrons. The topological polar surface area (TPSA) is 92.4 Å². The van der Waals surface area contributed by atoms with Crippen LogP contribution in [0.15, 0.2) is 108 Å². The van der Waals surface area contributed by atoms with Crippen LogP contribution >= 0.6 is 11.6 Å². The van der Waals surface area contributed by atoms with Crippen LogP contribution in [-0.4, -0.2) is 40.3 Å². The summed E-state index contributed by atoms with van der Waals surface area (Å²) in [5.41, 5.74) is 7.02. The lowest BCUT2D eigenvalue weighted by Gasteiger charge is -2.13. The fourth-order valence-corrected chi connectivity index (χ4v) is 6.31. The van der Waals surface area contributed by atoms with Crippen molar-refractivity contribution >= 4 is 34.6 Å². The molecule has 0 fully saturated rings. The Morgan fingerprint density at radius 1 is 0.714 bits per heavy atom. The quantitative estimate of drug-likeness (QED) is 0.102. The van der Waals surface area contributed by atoms with E-state index < -0.39 is 5.97 Å². The van der Waals surface area contributed by atoms with Crippen molar-refractivity contribution in [2.24, 2.45) is 0 Å². The normalized spacial score (nSPS) is 11.1. The van der Waals surface area contributed by atoms with E-state index >= 15 is 0 Å². The van der Waals surface area contributed by atoms with Gasteiger partial charge in [0.1, 0.15) is 11.0 Å². The molecule has 0 amide bonds. The Hall–Kier alpha value is -5.47. The largest absolute Gasteiger partial charge is 0.465 e. The summed E-state index contributed by atoms with van der Waals surface area (Å²) in [6.45, 7) is 2.89. The van der Waals surface area contributed by atoms with E-state index in [0.717, 1.165) is 58.5 Å². The molecule has 9 heteroatoms. The molecule has 0 saturated heterocycles. The van der Waals surface area contributed by atoms with E-state index in [2.05, 4.69) is 11.5 Å². The number of methoxy groups -OCH3 is 2. The molecular weight excluding hydrogens is 638 g/mol. The molecule has 0 spiro atoms. The van der Waals surface area contributed by atoms with Gasteiger partial charge in [0.05, 0.1) is 37.4 Å². The second-order valence-electron chi connectivity index (χ2n) is 11.8. The van der Waals surface area contributed by atoms with Crippen LogP contribution in [0.4, 0.5) is 0 Å². The van der Waals surface area contributed by atoms with Crippen LogP contribution in [0.2, 0.25) is 5.15 Å². The number of aromatic nitrogens is 3. The number of aryl methyl sites for hydroxylation is 1. The predicted octanol–water partition coefficient (Wildman–Crippen LogP) is 8.20. The Balaban J connectivity index is 1.30. The van der Waals surface area contributed by atoms with Crippen molar-refractivity contribution in [3.05, 3.63) is 147 Å². The van der Waals surface area contributed by atoms with Gasteiger partial charge in [-0.2, -0.15) is 0 Å². The SMILES string of the molecule is CCCCc1nc2c(=O)n(Cc3ccc(-c4ccccc4C(=O)OC)cc3)c(Cl)cc2n1Cc1ccc(-c2ccccc2C(=O)OC)cc1. The zero-order valence-corrected chi connectivity index (χ0v) is 28.4. The number of hydrogen-bond acceptors (Lipinski definition) is 6. The lowest BCUT2D eigenvalue weighted by molar-refractivity contribution is 0.0592. The summed E-state index contributed by atoms with van der Waals surface area (Å²) in [5.74, 6) is 0.0464. The number of carbonyl (C=O) groups excluding carboxylic acids is 2. The van der Waals surface area contributed by atoms with E-state index in [1.165, 1.54) is 18.8 Å². The number of ether oxygens (including phenoxy) is 2. The highest BCUT2D eigenvalue weighted by Crippen LogP contribution is 2.28. The van der Waals surface area contributed by atoms with E-state index in [1.54, 1.807) is 18.2 Å². The molecule has 0 aliphatic heterocycles. The Labute approximate surface area is 289 Å². The number of benzene rings is 4. The van der Waals surface area contributed by atoms with E-state index in [4.69, 9.17) is 26.1 Å². The number of rotatable bonds is 11. The number of esters is 2. The number of imidazole rings is 1. The first kappa shape index (κ1) is 33.4. The van der Waals surface area contributed by atoms with Crippen molar-refractivity contribution in [1.82, 2.24) is 14.1 Å². The Bertz CT molecular complexity index is 2200. The molecule has 0 atom stereocenters. The molecule has 8 nitrogen and oxygen atoms in total. The smallest absolute Gasteiger partial charge is 0.338 e. The molecular formula is C40H36ClN3O5. The molecule has 248 valence electrons. The predicted molar refractivity (Wildman–Crippen MR) is 192 cm³/mol. The van der Waals surface area contributed by atoms with Gasteiger partial charge in [-0.1, -0.05) is 110 Å². The third kappa shape index (κ3) is 6.91. The fourth-order valence-electron chi connectivity index (χ4n) is 6.07. The molecule has 6 rings (SSSR count). The third-order valence-electron chi connectivity index (χ3n) is 8.68. The van der Waals surface area contributed by atoms with Gasteiger partial charge in [0.2, 0.25) is 0 Å².